The summed E-state index contributed by atoms with van der Waals surface area (Å²) in [5.41, 5.74) is 1.92. The second kappa shape index (κ2) is 7.50. The molecule has 0 saturated carbocycles. The van der Waals surface area contributed by atoms with Gasteiger partial charge in [-0.05, 0) is 24.6 Å². The highest BCUT2D eigenvalue weighted by Crippen LogP contribution is 2.10. The minimum atomic E-state index is -1.10. The summed E-state index contributed by atoms with van der Waals surface area (Å²) in [6.45, 7) is 1.94. The van der Waals surface area contributed by atoms with Crippen molar-refractivity contribution in [1.82, 2.24) is 19.9 Å². The molecule has 8 nitrogen and oxygen atoms in total. The molecular weight excluding hydrogens is 300 g/mol. The first-order valence-corrected chi connectivity index (χ1v) is 7.00. The van der Waals surface area contributed by atoms with Gasteiger partial charge in [0.15, 0.2) is 5.69 Å². The molecule has 1 N–H and O–H groups in total. The number of ether oxygens (including phenoxy) is 1. The second-order valence-electron chi connectivity index (χ2n) is 5.00. The van der Waals surface area contributed by atoms with Gasteiger partial charge in [-0.3, -0.25) is 9.59 Å². The molecule has 0 atom stereocenters. The van der Waals surface area contributed by atoms with E-state index in [1.807, 2.05) is 31.2 Å². The van der Waals surface area contributed by atoms with Gasteiger partial charge in [0.1, 0.15) is 6.54 Å². The minimum absolute atomic E-state index is 0.0869. The van der Waals surface area contributed by atoms with E-state index in [9.17, 15) is 9.59 Å². The monoisotopic (exact) mass is 318 g/mol. The van der Waals surface area contributed by atoms with E-state index in [-0.39, 0.29) is 18.8 Å². The van der Waals surface area contributed by atoms with Gasteiger partial charge >= 0.3 is 5.97 Å². The average Bonchev–Trinajstić information content (AvgIpc) is 3.00. The zero-order chi connectivity index (χ0) is 16.8. The predicted molar refractivity (Wildman–Crippen MR) is 81.5 cm³/mol. The highest BCUT2D eigenvalue weighted by molar-refractivity contribution is 5.93. The number of hydrogen-bond donors (Lipinski definition) is 1. The quantitative estimate of drug-likeness (QED) is 0.809. The Morgan fingerprint density at radius 3 is 2.83 bits per heavy atom. The Kier molecular flexibility index (Phi) is 5.42. The lowest BCUT2D eigenvalue weighted by Crippen LogP contribution is -2.38. The Bertz CT molecular complexity index is 698. The molecule has 1 heterocycles. The molecule has 0 aliphatic rings. The maximum atomic E-state index is 12.4. The van der Waals surface area contributed by atoms with Crippen LogP contribution in [-0.4, -0.2) is 63.7 Å². The molecule has 23 heavy (non-hydrogen) atoms. The van der Waals surface area contributed by atoms with Crippen molar-refractivity contribution in [2.24, 2.45) is 0 Å². The summed E-state index contributed by atoms with van der Waals surface area (Å²) in [6.07, 6.45) is 1.48. The molecule has 8 heteroatoms. The molecule has 0 saturated heterocycles. The van der Waals surface area contributed by atoms with E-state index < -0.39 is 18.4 Å². The van der Waals surface area contributed by atoms with Crippen molar-refractivity contribution in [3.8, 4) is 5.69 Å². The van der Waals surface area contributed by atoms with Crippen molar-refractivity contribution in [3.63, 3.8) is 0 Å². The molecule has 0 spiro atoms. The van der Waals surface area contributed by atoms with E-state index in [0.29, 0.717) is 0 Å². The Morgan fingerprint density at radius 1 is 1.39 bits per heavy atom. The van der Waals surface area contributed by atoms with Gasteiger partial charge in [0.05, 0.1) is 18.5 Å². The number of methoxy groups -OCH3 is 1. The molecule has 0 aliphatic heterocycles. The number of rotatable bonds is 7. The summed E-state index contributed by atoms with van der Waals surface area (Å²) in [6, 6.07) is 7.58. The summed E-state index contributed by atoms with van der Waals surface area (Å²) in [7, 11) is 1.48. The second-order valence-corrected chi connectivity index (χ2v) is 5.00. The van der Waals surface area contributed by atoms with Gasteiger partial charge in [-0.1, -0.05) is 17.3 Å². The first-order chi connectivity index (χ1) is 11.0. The summed E-state index contributed by atoms with van der Waals surface area (Å²) >= 11 is 0. The lowest BCUT2D eigenvalue weighted by molar-refractivity contribution is -0.137. The summed E-state index contributed by atoms with van der Waals surface area (Å²) in [5, 5.41) is 16.7. The van der Waals surface area contributed by atoms with Crippen LogP contribution in [-0.2, 0) is 9.53 Å². The number of carbonyl (C=O) groups excluding carboxylic acids is 1. The first kappa shape index (κ1) is 16.6. The largest absolute Gasteiger partial charge is 0.480 e. The van der Waals surface area contributed by atoms with Crippen molar-refractivity contribution in [3.05, 3.63) is 41.7 Å². The zero-order valence-electron chi connectivity index (χ0n) is 13.0. The van der Waals surface area contributed by atoms with Crippen LogP contribution in [0.3, 0.4) is 0 Å². The van der Waals surface area contributed by atoms with Crippen molar-refractivity contribution >= 4 is 11.9 Å². The number of carboxylic acids is 1. The molecule has 0 unspecified atom stereocenters. The number of carboxylic acid groups (broad SMARTS) is 1. The topological polar surface area (TPSA) is 97.6 Å². The van der Waals surface area contributed by atoms with Gasteiger partial charge < -0.3 is 14.7 Å². The fourth-order valence-electron chi connectivity index (χ4n) is 2.04. The van der Waals surface area contributed by atoms with Gasteiger partial charge in [0.25, 0.3) is 5.91 Å². The van der Waals surface area contributed by atoms with Gasteiger partial charge in [-0.25, -0.2) is 4.68 Å². The highest BCUT2D eigenvalue weighted by atomic mass is 16.5. The third-order valence-electron chi connectivity index (χ3n) is 3.16. The standard InChI is InChI=1S/C15H18N4O4/c1-11-4-3-5-12(8-11)19-9-13(16-17-19)15(22)18(6-7-23-2)10-14(20)21/h3-5,8-9H,6-7,10H2,1-2H3,(H,20,21). The third-order valence-corrected chi connectivity index (χ3v) is 3.16. The Labute approximate surface area is 133 Å². The molecule has 2 rings (SSSR count). The molecule has 2 aromatic rings. The van der Waals surface area contributed by atoms with Gasteiger partial charge in [0, 0.05) is 13.7 Å². The predicted octanol–water partition coefficient (Wildman–Crippen LogP) is 0.749. The fourth-order valence-corrected chi connectivity index (χ4v) is 2.04. The normalized spacial score (nSPS) is 10.5. The van der Waals surface area contributed by atoms with Crippen LogP contribution in [0.5, 0.6) is 0 Å². The number of aromatic nitrogens is 3. The maximum Gasteiger partial charge on any atom is 0.323 e. The number of hydrogen-bond acceptors (Lipinski definition) is 5. The summed E-state index contributed by atoms with van der Waals surface area (Å²) in [4.78, 5) is 24.4. The van der Waals surface area contributed by atoms with Crippen LogP contribution in [0.4, 0.5) is 0 Å². The van der Waals surface area contributed by atoms with E-state index in [4.69, 9.17) is 9.84 Å². The molecule has 122 valence electrons. The number of amides is 1. The van der Waals surface area contributed by atoms with E-state index in [1.165, 1.54) is 18.0 Å². The van der Waals surface area contributed by atoms with E-state index in [1.54, 1.807) is 0 Å². The molecule has 0 bridgehead atoms. The van der Waals surface area contributed by atoms with Crippen molar-refractivity contribution in [2.45, 2.75) is 6.92 Å². The van der Waals surface area contributed by atoms with Gasteiger partial charge in [0.2, 0.25) is 0 Å². The Morgan fingerprint density at radius 2 is 2.17 bits per heavy atom. The van der Waals surface area contributed by atoms with Crippen LogP contribution in [0.2, 0.25) is 0 Å². The molecule has 1 aromatic carbocycles. The van der Waals surface area contributed by atoms with E-state index in [0.717, 1.165) is 16.2 Å². The average molecular weight is 318 g/mol. The third kappa shape index (κ3) is 4.36. The van der Waals surface area contributed by atoms with Crippen LogP contribution in [0, 0.1) is 6.92 Å². The summed E-state index contributed by atoms with van der Waals surface area (Å²) < 4.78 is 6.38. The number of carbonyl (C=O) groups is 2. The van der Waals surface area contributed by atoms with Gasteiger partial charge in [-0.15, -0.1) is 5.10 Å². The number of nitrogens with zero attached hydrogens (tertiary/aromatic N) is 4. The van der Waals surface area contributed by atoms with Crippen LogP contribution < -0.4 is 0 Å². The Hall–Kier alpha value is -2.74. The minimum Gasteiger partial charge on any atom is -0.480 e. The van der Waals surface area contributed by atoms with Gasteiger partial charge in [-0.2, -0.15) is 0 Å². The molecule has 0 aliphatic carbocycles. The van der Waals surface area contributed by atoms with Crippen LogP contribution in [0.1, 0.15) is 16.1 Å². The molecule has 0 fully saturated rings. The SMILES string of the molecule is COCCN(CC(=O)O)C(=O)c1cn(-c2cccc(C)c2)nn1. The Balaban J connectivity index is 2.19. The smallest absolute Gasteiger partial charge is 0.323 e. The highest BCUT2D eigenvalue weighted by Gasteiger charge is 2.21. The molecular formula is C15H18N4O4. The number of benzene rings is 1. The molecule has 0 radical (unpaired) electrons. The maximum absolute atomic E-state index is 12.4. The molecule has 1 amide bonds. The van der Waals surface area contributed by atoms with Crippen LogP contribution in [0.25, 0.3) is 5.69 Å². The summed E-state index contributed by atoms with van der Waals surface area (Å²) in [5.74, 6) is -1.59. The van der Waals surface area contributed by atoms with E-state index >= 15 is 0 Å². The number of aryl methyl sites for hydroxylation is 1. The van der Waals surface area contributed by atoms with Crippen molar-refractivity contribution < 1.29 is 19.4 Å². The lowest BCUT2D eigenvalue weighted by Gasteiger charge is -2.18. The molecule has 1 aromatic heterocycles. The van der Waals surface area contributed by atoms with E-state index in [2.05, 4.69) is 10.3 Å². The lowest BCUT2D eigenvalue weighted by atomic mass is 10.2. The number of aliphatic carboxylic acids is 1. The van der Waals surface area contributed by atoms with Crippen LogP contribution >= 0.6 is 0 Å². The fraction of sp³-hybridized carbons (Fsp3) is 0.333. The van der Waals surface area contributed by atoms with Crippen molar-refractivity contribution in [2.75, 3.05) is 26.8 Å². The zero-order valence-corrected chi connectivity index (χ0v) is 13.0. The first-order valence-electron chi connectivity index (χ1n) is 7.00. The van der Waals surface area contributed by atoms with Crippen molar-refractivity contribution in [1.29, 1.82) is 0 Å². The van der Waals surface area contributed by atoms with Crippen LogP contribution in [0.15, 0.2) is 30.5 Å².